The Balaban J connectivity index is 2.86. The maximum absolute atomic E-state index is 5.94. The van der Waals surface area contributed by atoms with Crippen LogP contribution in [0.5, 0.6) is 0 Å². The lowest BCUT2D eigenvalue weighted by Crippen LogP contribution is -2.10. The van der Waals surface area contributed by atoms with E-state index < -0.39 is 0 Å². The molecule has 0 spiro atoms. The molecular formula is C11H15N. The fraction of sp³-hybridized carbons (Fsp3) is 0.273. The SMILES string of the molecule is C=CC[C@@H](N)c1ccccc1C. The zero-order valence-electron chi connectivity index (χ0n) is 7.46. The number of rotatable bonds is 3. The average Bonchev–Trinajstić information content (AvgIpc) is 2.05. The fourth-order valence-corrected chi connectivity index (χ4v) is 1.31. The van der Waals surface area contributed by atoms with Gasteiger partial charge in [0.1, 0.15) is 0 Å². The van der Waals surface area contributed by atoms with E-state index in [0.717, 1.165) is 6.42 Å². The largest absolute Gasteiger partial charge is 0.324 e. The number of aryl methyl sites for hydroxylation is 1. The minimum absolute atomic E-state index is 0.101. The molecule has 0 fully saturated rings. The lowest BCUT2D eigenvalue weighted by atomic mass is 10.00. The summed E-state index contributed by atoms with van der Waals surface area (Å²) in [5, 5.41) is 0. The van der Waals surface area contributed by atoms with Gasteiger partial charge in [-0.1, -0.05) is 30.3 Å². The molecule has 0 aromatic heterocycles. The van der Waals surface area contributed by atoms with Gasteiger partial charge in [-0.05, 0) is 24.5 Å². The van der Waals surface area contributed by atoms with E-state index in [9.17, 15) is 0 Å². The second kappa shape index (κ2) is 4.07. The smallest absolute Gasteiger partial charge is 0.0332 e. The van der Waals surface area contributed by atoms with Crippen molar-refractivity contribution in [3.8, 4) is 0 Å². The molecule has 1 rings (SSSR count). The van der Waals surface area contributed by atoms with Crippen LogP contribution in [0.2, 0.25) is 0 Å². The van der Waals surface area contributed by atoms with E-state index in [1.54, 1.807) is 0 Å². The third-order valence-electron chi connectivity index (χ3n) is 2.01. The second-order valence-corrected chi connectivity index (χ2v) is 2.99. The first kappa shape index (κ1) is 9.01. The molecule has 0 heterocycles. The molecule has 2 N–H and O–H groups in total. The van der Waals surface area contributed by atoms with Crippen molar-refractivity contribution in [2.45, 2.75) is 19.4 Å². The van der Waals surface area contributed by atoms with Gasteiger partial charge in [-0.2, -0.15) is 0 Å². The van der Waals surface area contributed by atoms with E-state index in [1.165, 1.54) is 11.1 Å². The predicted octanol–water partition coefficient (Wildman–Crippen LogP) is 2.57. The van der Waals surface area contributed by atoms with Gasteiger partial charge in [0.05, 0.1) is 0 Å². The number of hydrogen-bond donors (Lipinski definition) is 1. The molecule has 64 valence electrons. The standard InChI is InChI=1S/C11H15N/c1-3-6-11(12)10-8-5-4-7-9(10)2/h3-5,7-8,11H,1,6,12H2,2H3/t11-/m1/s1. The van der Waals surface area contributed by atoms with Crippen molar-refractivity contribution in [3.05, 3.63) is 48.0 Å². The highest BCUT2D eigenvalue weighted by molar-refractivity contribution is 5.28. The number of hydrogen-bond acceptors (Lipinski definition) is 1. The van der Waals surface area contributed by atoms with Crippen LogP contribution in [-0.2, 0) is 0 Å². The van der Waals surface area contributed by atoms with Crippen molar-refractivity contribution in [2.24, 2.45) is 5.73 Å². The molecular weight excluding hydrogens is 146 g/mol. The van der Waals surface area contributed by atoms with E-state index in [4.69, 9.17) is 5.73 Å². The maximum atomic E-state index is 5.94. The molecule has 0 bridgehead atoms. The number of benzene rings is 1. The highest BCUT2D eigenvalue weighted by Crippen LogP contribution is 2.17. The summed E-state index contributed by atoms with van der Waals surface area (Å²) >= 11 is 0. The molecule has 1 aromatic carbocycles. The van der Waals surface area contributed by atoms with Crippen molar-refractivity contribution < 1.29 is 0 Å². The molecule has 0 aliphatic heterocycles. The minimum Gasteiger partial charge on any atom is -0.324 e. The highest BCUT2D eigenvalue weighted by atomic mass is 14.6. The first-order chi connectivity index (χ1) is 5.75. The van der Waals surface area contributed by atoms with Crippen LogP contribution in [0.4, 0.5) is 0 Å². The van der Waals surface area contributed by atoms with Gasteiger partial charge in [-0.15, -0.1) is 6.58 Å². The van der Waals surface area contributed by atoms with Gasteiger partial charge in [-0.25, -0.2) is 0 Å². The lowest BCUT2D eigenvalue weighted by molar-refractivity contribution is 0.736. The summed E-state index contributed by atoms with van der Waals surface area (Å²) in [6, 6.07) is 8.30. The van der Waals surface area contributed by atoms with Crippen LogP contribution in [-0.4, -0.2) is 0 Å². The van der Waals surface area contributed by atoms with Gasteiger partial charge in [0.2, 0.25) is 0 Å². The highest BCUT2D eigenvalue weighted by Gasteiger charge is 2.04. The summed E-state index contributed by atoms with van der Waals surface area (Å²) in [4.78, 5) is 0. The molecule has 1 nitrogen and oxygen atoms in total. The zero-order valence-corrected chi connectivity index (χ0v) is 7.46. The van der Waals surface area contributed by atoms with Crippen LogP contribution in [0, 0.1) is 6.92 Å². The Morgan fingerprint density at radius 2 is 2.17 bits per heavy atom. The Morgan fingerprint density at radius 1 is 1.50 bits per heavy atom. The molecule has 0 saturated carbocycles. The predicted molar refractivity (Wildman–Crippen MR) is 52.9 cm³/mol. The van der Waals surface area contributed by atoms with E-state index >= 15 is 0 Å². The summed E-state index contributed by atoms with van der Waals surface area (Å²) in [6.45, 7) is 5.76. The monoisotopic (exact) mass is 161 g/mol. The van der Waals surface area contributed by atoms with Crippen molar-refractivity contribution >= 4 is 0 Å². The fourth-order valence-electron chi connectivity index (χ4n) is 1.31. The average molecular weight is 161 g/mol. The molecule has 0 amide bonds. The zero-order chi connectivity index (χ0) is 8.97. The Morgan fingerprint density at radius 3 is 2.75 bits per heavy atom. The van der Waals surface area contributed by atoms with E-state index in [1.807, 2.05) is 18.2 Å². The van der Waals surface area contributed by atoms with Crippen LogP contribution >= 0.6 is 0 Å². The molecule has 0 aliphatic carbocycles. The van der Waals surface area contributed by atoms with Crippen molar-refractivity contribution in [2.75, 3.05) is 0 Å². The van der Waals surface area contributed by atoms with Crippen LogP contribution in [0.1, 0.15) is 23.6 Å². The van der Waals surface area contributed by atoms with Gasteiger partial charge in [0, 0.05) is 6.04 Å². The van der Waals surface area contributed by atoms with Gasteiger partial charge in [0.15, 0.2) is 0 Å². The summed E-state index contributed by atoms with van der Waals surface area (Å²) in [5.74, 6) is 0. The van der Waals surface area contributed by atoms with Crippen molar-refractivity contribution in [1.29, 1.82) is 0 Å². The summed E-state index contributed by atoms with van der Waals surface area (Å²) in [7, 11) is 0. The minimum atomic E-state index is 0.101. The first-order valence-electron chi connectivity index (χ1n) is 4.17. The second-order valence-electron chi connectivity index (χ2n) is 2.99. The van der Waals surface area contributed by atoms with Crippen LogP contribution in [0.15, 0.2) is 36.9 Å². The lowest BCUT2D eigenvalue weighted by Gasteiger charge is -2.11. The Labute approximate surface area is 73.9 Å². The molecule has 12 heavy (non-hydrogen) atoms. The molecule has 0 saturated heterocycles. The molecule has 1 heteroatoms. The Bertz CT molecular complexity index is 265. The first-order valence-corrected chi connectivity index (χ1v) is 4.17. The topological polar surface area (TPSA) is 26.0 Å². The van der Waals surface area contributed by atoms with Gasteiger partial charge in [-0.3, -0.25) is 0 Å². The summed E-state index contributed by atoms with van der Waals surface area (Å²) in [5.41, 5.74) is 8.41. The quantitative estimate of drug-likeness (QED) is 0.677. The Hall–Kier alpha value is -1.08. The van der Waals surface area contributed by atoms with E-state index in [-0.39, 0.29) is 6.04 Å². The summed E-state index contributed by atoms with van der Waals surface area (Å²) < 4.78 is 0. The van der Waals surface area contributed by atoms with Gasteiger partial charge in [0.25, 0.3) is 0 Å². The van der Waals surface area contributed by atoms with Crippen molar-refractivity contribution in [1.82, 2.24) is 0 Å². The third-order valence-corrected chi connectivity index (χ3v) is 2.01. The third kappa shape index (κ3) is 1.95. The van der Waals surface area contributed by atoms with Crippen LogP contribution in [0.3, 0.4) is 0 Å². The summed E-state index contributed by atoms with van der Waals surface area (Å²) in [6.07, 6.45) is 2.70. The normalized spacial score (nSPS) is 12.5. The molecule has 1 aromatic rings. The molecule has 0 radical (unpaired) electrons. The molecule has 1 atom stereocenters. The molecule has 0 aliphatic rings. The Kier molecular flexibility index (Phi) is 3.06. The maximum Gasteiger partial charge on any atom is 0.0332 e. The number of nitrogens with two attached hydrogens (primary N) is 1. The van der Waals surface area contributed by atoms with Gasteiger partial charge >= 0.3 is 0 Å². The van der Waals surface area contributed by atoms with Crippen LogP contribution in [0.25, 0.3) is 0 Å². The van der Waals surface area contributed by atoms with Gasteiger partial charge < -0.3 is 5.73 Å². The van der Waals surface area contributed by atoms with Crippen LogP contribution < -0.4 is 5.73 Å². The molecule has 0 unspecified atom stereocenters. The van der Waals surface area contributed by atoms with Crippen molar-refractivity contribution in [3.63, 3.8) is 0 Å². The van der Waals surface area contributed by atoms with E-state index in [0.29, 0.717) is 0 Å². The van der Waals surface area contributed by atoms with E-state index in [2.05, 4.69) is 25.6 Å².